The Bertz CT molecular complexity index is 1570. The summed E-state index contributed by atoms with van der Waals surface area (Å²) in [6.07, 6.45) is 2.45. The van der Waals surface area contributed by atoms with Gasteiger partial charge in [0.25, 0.3) is 5.91 Å². The van der Waals surface area contributed by atoms with E-state index in [1.807, 2.05) is 12.1 Å². The van der Waals surface area contributed by atoms with Crippen LogP contribution in [-0.4, -0.2) is 133 Å². The van der Waals surface area contributed by atoms with Gasteiger partial charge in [0, 0.05) is 26.2 Å². The number of amides is 5. The Labute approximate surface area is 285 Å². The normalized spacial score (nSPS) is 27.8. The number of alkyl carbamates (subject to hydrolysis) is 1. The largest absolute Gasteiger partial charge is 0.445 e. The number of imide groups is 1. The highest BCUT2D eigenvalue weighted by atomic mass is 35.6. The predicted octanol–water partition coefficient (Wildman–Crippen LogP) is 0.460. The number of benzene rings is 1. The monoisotopic (exact) mass is 712 g/mol. The van der Waals surface area contributed by atoms with Crippen molar-refractivity contribution in [2.45, 2.75) is 59.1 Å². The summed E-state index contributed by atoms with van der Waals surface area (Å²) in [6, 6.07) is 1.60. The maximum absolute atomic E-state index is 14.1. The average molecular weight is 714 g/mol. The predicted molar refractivity (Wildman–Crippen MR) is 171 cm³/mol. The number of nitrogens with zero attached hydrogens (tertiary/aromatic N) is 5. The zero-order valence-electron chi connectivity index (χ0n) is 25.6. The molecule has 4 aliphatic heterocycles. The molecule has 5 aliphatic rings. The minimum Gasteiger partial charge on any atom is -0.445 e. The fourth-order valence-corrected chi connectivity index (χ4v) is 7.44. The molecule has 3 saturated heterocycles. The summed E-state index contributed by atoms with van der Waals surface area (Å²) in [5.74, 6) is -3.66. The van der Waals surface area contributed by atoms with Gasteiger partial charge in [0.2, 0.25) is 21.4 Å². The summed E-state index contributed by atoms with van der Waals surface area (Å²) in [5, 5.41) is 33.0. The lowest BCUT2D eigenvalue weighted by Gasteiger charge is -2.50. The summed E-state index contributed by atoms with van der Waals surface area (Å²) in [6.45, 7) is 2.66. The molecule has 1 aliphatic carbocycles. The number of guanidine groups is 1. The fourth-order valence-electron chi connectivity index (χ4n) is 7.28. The van der Waals surface area contributed by atoms with Crippen molar-refractivity contribution in [3.05, 3.63) is 47.3 Å². The maximum atomic E-state index is 14.1. The number of likely N-dealkylation sites (N-methyl/N-ethyl adjacent to an activating group) is 2. The molecule has 3 unspecified atom stereocenters. The van der Waals surface area contributed by atoms with Crippen LogP contribution >= 0.6 is 34.8 Å². The van der Waals surface area contributed by atoms with E-state index in [1.54, 1.807) is 6.07 Å². The van der Waals surface area contributed by atoms with Gasteiger partial charge in [-0.2, -0.15) is 0 Å². The van der Waals surface area contributed by atoms with Gasteiger partial charge in [0.15, 0.2) is 5.66 Å². The number of ether oxygens (including phenoxy) is 1. The van der Waals surface area contributed by atoms with Crippen molar-refractivity contribution in [1.82, 2.24) is 35.6 Å². The first-order valence-corrected chi connectivity index (χ1v) is 16.2. The number of nitrogens with one attached hydrogen (secondary N) is 3. The maximum Gasteiger partial charge on any atom is 0.414 e. The molecule has 15 nitrogen and oxygen atoms in total. The van der Waals surface area contributed by atoms with Gasteiger partial charge in [-0.3, -0.25) is 19.8 Å². The number of fused-ring (bicyclic) bond motifs is 1. The van der Waals surface area contributed by atoms with Crippen LogP contribution in [0.25, 0.3) is 0 Å². The van der Waals surface area contributed by atoms with Gasteiger partial charge < -0.3 is 40.3 Å². The van der Waals surface area contributed by atoms with Crippen LogP contribution in [0.2, 0.25) is 0 Å². The Morgan fingerprint density at radius 3 is 2.64 bits per heavy atom. The molecule has 4 heterocycles. The summed E-state index contributed by atoms with van der Waals surface area (Å²) < 4.78 is 3.14. The van der Waals surface area contributed by atoms with Crippen molar-refractivity contribution in [2.75, 3.05) is 40.3 Å². The van der Waals surface area contributed by atoms with Crippen LogP contribution in [-0.2, 0) is 22.4 Å². The lowest BCUT2D eigenvalue weighted by molar-refractivity contribution is -0.241. The molecular weight excluding hydrogens is 679 g/mol. The number of hydrogen-bond donors (Lipinski definition) is 5. The highest BCUT2D eigenvalue weighted by Gasteiger charge is 2.74. The number of aliphatic hydroxyl groups is 2. The van der Waals surface area contributed by atoms with Crippen LogP contribution in [0.5, 0.6) is 0 Å². The smallest absolute Gasteiger partial charge is 0.414 e. The van der Waals surface area contributed by atoms with Gasteiger partial charge in [0.05, 0.1) is 24.4 Å². The van der Waals surface area contributed by atoms with Gasteiger partial charge in [-0.1, -0.05) is 53.5 Å². The number of hydrogen-bond acceptors (Lipinski definition) is 11. The first kappa shape index (κ1) is 33.4. The zero-order valence-corrected chi connectivity index (χ0v) is 27.9. The number of alkyl halides is 3. The Hall–Kier alpha value is -3.50. The van der Waals surface area contributed by atoms with Gasteiger partial charge in [-0.05, 0) is 42.9 Å². The SMILES string of the molecule is C=C1NC2[C@H](CN3C(=O)CN(C)C3=O)N=C(NC(=O)OCC(Cl)(Cl)Cl)N3CC(N(C)C(=O)c4cccc5c4CCCC5)C(O)(O)C23N1. The van der Waals surface area contributed by atoms with Crippen molar-refractivity contribution in [2.24, 2.45) is 4.99 Å². The molecule has 4 atom stereocenters. The highest BCUT2D eigenvalue weighted by Crippen LogP contribution is 2.46. The Morgan fingerprint density at radius 2 is 1.96 bits per heavy atom. The topological polar surface area (TPSA) is 179 Å². The highest BCUT2D eigenvalue weighted by molar-refractivity contribution is 6.67. The van der Waals surface area contributed by atoms with Crippen LogP contribution in [0.1, 0.15) is 34.3 Å². The van der Waals surface area contributed by atoms with Crippen LogP contribution in [0, 0.1) is 0 Å². The van der Waals surface area contributed by atoms with E-state index in [9.17, 15) is 29.4 Å². The molecule has 0 radical (unpaired) electrons. The third-order valence-electron chi connectivity index (χ3n) is 9.45. The van der Waals surface area contributed by atoms with Crippen molar-refractivity contribution in [3.8, 4) is 0 Å². The van der Waals surface area contributed by atoms with Crippen molar-refractivity contribution < 1.29 is 34.1 Å². The summed E-state index contributed by atoms with van der Waals surface area (Å²) in [7, 11) is 2.95. The minimum atomic E-state index is -2.73. The molecule has 5 amide bonds. The zero-order chi connectivity index (χ0) is 34.1. The number of halogens is 3. The van der Waals surface area contributed by atoms with E-state index in [2.05, 4.69) is 27.5 Å². The first-order chi connectivity index (χ1) is 22.0. The summed E-state index contributed by atoms with van der Waals surface area (Å²) >= 11 is 17.3. The molecule has 5 N–H and O–H groups in total. The summed E-state index contributed by atoms with van der Waals surface area (Å²) in [5.41, 5.74) is 0.573. The second-order valence-electron chi connectivity index (χ2n) is 12.4. The molecule has 1 aromatic rings. The number of urea groups is 1. The minimum absolute atomic E-state index is 0.147. The molecule has 47 heavy (non-hydrogen) atoms. The summed E-state index contributed by atoms with van der Waals surface area (Å²) in [4.78, 5) is 62.1. The third-order valence-corrected chi connectivity index (χ3v) is 9.78. The Morgan fingerprint density at radius 1 is 1.23 bits per heavy atom. The van der Waals surface area contributed by atoms with Crippen molar-refractivity contribution in [1.29, 1.82) is 0 Å². The van der Waals surface area contributed by atoms with Crippen molar-refractivity contribution >= 4 is 64.7 Å². The van der Waals surface area contributed by atoms with E-state index in [1.165, 1.54) is 28.8 Å². The molecule has 1 aromatic carbocycles. The van der Waals surface area contributed by atoms with E-state index in [0.717, 1.165) is 41.7 Å². The first-order valence-electron chi connectivity index (χ1n) is 15.0. The molecular formula is C29H35Cl3N8O7. The average Bonchev–Trinajstić information content (AvgIpc) is 3.58. The number of carbonyl (C=O) groups is 4. The molecule has 18 heteroatoms. The number of rotatable bonds is 5. The lowest BCUT2D eigenvalue weighted by atomic mass is 9.84. The number of aryl methyl sites for hydroxylation is 1. The molecule has 0 aromatic heterocycles. The molecule has 3 fully saturated rings. The van der Waals surface area contributed by atoms with Crippen LogP contribution in [0.3, 0.4) is 0 Å². The molecule has 254 valence electrons. The quantitative estimate of drug-likeness (QED) is 0.164. The van der Waals surface area contributed by atoms with Gasteiger partial charge in [-0.15, -0.1) is 0 Å². The van der Waals surface area contributed by atoms with E-state index >= 15 is 0 Å². The standard InChI is InChI=1S/C29H35Cl3N8O7/c1-15-33-22-19(11-39-21(41)13-37(2)26(39)44)34-24(35-25(43)47-14-27(30,31)32)40-12-20(29(45,46)28(22,40)36-15)38(3)23(42)18-10-6-8-16-7-4-5-9-17(16)18/h6,8,10,19-20,22,33,36,45-46H,1,4-5,7,9,11-14H2,2-3H3,(H,34,35,43)/t19-,20?,22?,28?/m0/s1. The molecule has 1 spiro atoms. The van der Waals surface area contributed by atoms with Crippen LogP contribution < -0.4 is 16.0 Å². The third kappa shape index (κ3) is 5.61. The van der Waals surface area contributed by atoms with E-state index < -0.39 is 63.9 Å². The Balaban J connectivity index is 1.38. The van der Waals surface area contributed by atoms with E-state index in [-0.39, 0.29) is 31.4 Å². The van der Waals surface area contributed by atoms with Crippen LogP contribution in [0.15, 0.2) is 35.6 Å². The number of aliphatic imine (C=N–C) groups is 1. The van der Waals surface area contributed by atoms with Crippen LogP contribution in [0.4, 0.5) is 9.59 Å². The number of carbonyl (C=O) groups excluding carboxylic acids is 4. The second-order valence-corrected chi connectivity index (χ2v) is 14.9. The van der Waals surface area contributed by atoms with Gasteiger partial charge in [0.1, 0.15) is 19.2 Å². The van der Waals surface area contributed by atoms with Crippen molar-refractivity contribution in [3.63, 3.8) is 0 Å². The molecule has 0 bridgehead atoms. The fraction of sp³-hybridized carbons (Fsp3) is 0.552. The Kier molecular flexibility index (Phi) is 8.44. The second kappa shape index (κ2) is 11.9. The van der Waals surface area contributed by atoms with E-state index in [4.69, 9.17) is 39.5 Å². The molecule has 6 rings (SSSR count). The molecule has 0 saturated carbocycles. The van der Waals surface area contributed by atoms with Gasteiger partial charge >= 0.3 is 12.1 Å². The van der Waals surface area contributed by atoms with Gasteiger partial charge in [-0.25, -0.2) is 14.6 Å². The lowest BCUT2D eigenvalue weighted by Crippen LogP contribution is -2.78. The van der Waals surface area contributed by atoms with E-state index in [0.29, 0.717) is 5.56 Å².